The highest BCUT2D eigenvalue weighted by molar-refractivity contribution is 9.10. The van der Waals surface area contributed by atoms with Crippen molar-refractivity contribution < 1.29 is 13.2 Å². The normalized spacial score (nSPS) is 24.2. The molecule has 0 spiro atoms. The van der Waals surface area contributed by atoms with Crippen molar-refractivity contribution in [3.05, 3.63) is 0 Å². The molecule has 1 rings (SSSR count). The Balaban J connectivity index is 2.87. The zero-order chi connectivity index (χ0) is 12.3. The second-order valence-corrected chi connectivity index (χ2v) is 8.22. The van der Waals surface area contributed by atoms with Gasteiger partial charge in [-0.1, -0.05) is 22.9 Å². The molecule has 16 heavy (non-hydrogen) atoms. The van der Waals surface area contributed by atoms with Crippen LogP contribution in [-0.4, -0.2) is 53.7 Å². The van der Waals surface area contributed by atoms with Crippen LogP contribution in [0.4, 0.5) is 0 Å². The van der Waals surface area contributed by atoms with Crippen LogP contribution in [0.3, 0.4) is 0 Å². The van der Waals surface area contributed by atoms with E-state index in [1.165, 1.54) is 11.2 Å². The van der Waals surface area contributed by atoms with Crippen molar-refractivity contribution in [3.8, 4) is 0 Å². The van der Waals surface area contributed by atoms with Gasteiger partial charge in [0.1, 0.15) is 5.37 Å². The van der Waals surface area contributed by atoms with Crippen molar-refractivity contribution in [1.82, 2.24) is 4.90 Å². The van der Waals surface area contributed by atoms with E-state index >= 15 is 0 Å². The number of hydrogen-bond donors (Lipinski definition) is 0. The molecular formula is C9H16BrNO3S2. The Kier molecular flexibility index (Phi) is 5.12. The molecule has 0 aromatic heterocycles. The second kappa shape index (κ2) is 5.73. The largest absolute Gasteiger partial charge is 0.323 e. The monoisotopic (exact) mass is 329 g/mol. The molecule has 1 aliphatic rings. The molecule has 4 nitrogen and oxygen atoms in total. The lowest BCUT2D eigenvalue weighted by atomic mass is 10.3. The third kappa shape index (κ3) is 3.37. The van der Waals surface area contributed by atoms with Gasteiger partial charge in [0.2, 0.25) is 5.91 Å². The van der Waals surface area contributed by atoms with Crippen molar-refractivity contribution in [3.63, 3.8) is 0 Å². The molecule has 0 saturated carbocycles. The number of nitrogens with zero attached hydrogens (tertiary/aromatic N) is 1. The number of carbonyl (C=O) groups excluding carboxylic acids is 1. The smallest absolute Gasteiger partial charge is 0.237 e. The minimum absolute atomic E-state index is 0.113. The van der Waals surface area contributed by atoms with E-state index in [0.717, 1.165) is 5.75 Å². The third-order valence-corrected chi connectivity index (χ3v) is 6.17. The van der Waals surface area contributed by atoms with E-state index in [1.807, 2.05) is 6.92 Å². The first-order chi connectivity index (χ1) is 7.38. The summed E-state index contributed by atoms with van der Waals surface area (Å²) in [5.74, 6) is 1.17. The van der Waals surface area contributed by atoms with Crippen molar-refractivity contribution in [2.45, 2.75) is 23.5 Å². The van der Waals surface area contributed by atoms with Gasteiger partial charge in [-0.25, -0.2) is 8.42 Å². The summed E-state index contributed by atoms with van der Waals surface area (Å²) < 4.78 is 23.2. The maximum atomic E-state index is 12.0. The predicted octanol–water partition coefficient (Wildman–Crippen LogP) is 1.11. The van der Waals surface area contributed by atoms with Crippen molar-refractivity contribution in [2.24, 2.45) is 0 Å². The molecule has 1 saturated heterocycles. The number of hydrogen-bond acceptors (Lipinski definition) is 4. The quantitative estimate of drug-likeness (QED) is 0.728. The van der Waals surface area contributed by atoms with Crippen LogP contribution in [0.2, 0.25) is 0 Å². The van der Waals surface area contributed by atoms with Gasteiger partial charge in [-0.2, -0.15) is 11.8 Å². The van der Waals surface area contributed by atoms with Crippen LogP contribution in [0.5, 0.6) is 0 Å². The number of sulfone groups is 1. The van der Waals surface area contributed by atoms with Gasteiger partial charge in [0, 0.05) is 24.3 Å². The third-order valence-electron chi connectivity index (χ3n) is 2.49. The second-order valence-electron chi connectivity index (χ2n) is 3.77. The van der Waals surface area contributed by atoms with Crippen LogP contribution >= 0.6 is 27.7 Å². The number of alkyl halides is 1. The standard InChI is InChI=1S/C9H16BrNO3S2/c1-3-7(10)9(12)11-4-5-15-6-8(11)16(2,13)14/h7-8H,3-6H2,1-2H3. The van der Waals surface area contributed by atoms with E-state index in [9.17, 15) is 13.2 Å². The number of rotatable bonds is 3. The summed E-state index contributed by atoms with van der Waals surface area (Å²) in [5.41, 5.74) is 0. The molecule has 0 aliphatic carbocycles. The maximum Gasteiger partial charge on any atom is 0.237 e. The molecule has 1 amide bonds. The fraction of sp³-hybridized carbons (Fsp3) is 0.889. The van der Waals surface area contributed by atoms with E-state index < -0.39 is 15.2 Å². The summed E-state index contributed by atoms with van der Waals surface area (Å²) in [6.07, 6.45) is 1.86. The minimum atomic E-state index is -3.20. The highest BCUT2D eigenvalue weighted by atomic mass is 79.9. The Hall–Kier alpha value is 0.250. The molecule has 1 heterocycles. The summed E-state index contributed by atoms with van der Waals surface area (Å²) in [4.78, 5) is 13.2. The van der Waals surface area contributed by atoms with Crippen LogP contribution in [0.15, 0.2) is 0 Å². The number of thioether (sulfide) groups is 1. The van der Waals surface area contributed by atoms with Gasteiger partial charge in [-0.05, 0) is 6.42 Å². The topological polar surface area (TPSA) is 54.5 Å². The first-order valence-corrected chi connectivity index (χ1v) is 9.11. The Morgan fingerprint density at radius 3 is 2.75 bits per heavy atom. The van der Waals surface area contributed by atoms with Crippen LogP contribution in [0.1, 0.15) is 13.3 Å². The number of amides is 1. The molecule has 0 N–H and O–H groups in total. The van der Waals surface area contributed by atoms with Crippen LogP contribution < -0.4 is 0 Å². The Morgan fingerprint density at radius 1 is 1.62 bits per heavy atom. The molecule has 2 unspecified atom stereocenters. The van der Waals surface area contributed by atoms with Crippen LogP contribution in [0.25, 0.3) is 0 Å². The highest BCUT2D eigenvalue weighted by Gasteiger charge is 2.35. The fourth-order valence-electron chi connectivity index (χ4n) is 1.54. The summed E-state index contributed by atoms with van der Waals surface area (Å²) in [6, 6.07) is 0. The molecule has 1 aliphatic heterocycles. The molecule has 0 radical (unpaired) electrons. The van der Waals surface area contributed by atoms with Gasteiger partial charge in [0.25, 0.3) is 0 Å². The summed E-state index contributed by atoms with van der Waals surface area (Å²) >= 11 is 4.86. The lowest BCUT2D eigenvalue weighted by Gasteiger charge is -2.35. The van der Waals surface area contributed by atoms with Gasteiger partial charge < -0.3 is 4.90 Å². The predicted molar refractivity (Wildman–Crippen MR) is 70.7 cm³/mol. The Bertz CT molecular complexity index is 358. The van der Waals surface area contributed by atoms with Gasteiger partial charge in [0.05, 0.1) is 4.83 Å². The minimum Gasteiger partial charge on any atom is -0.323 e. The zero-order valence-electron chi connectivity index (χ0n) is 9.35. The number of carbonyl (C=O) groups is 1. The van der Waals surface area contributed by atoms with Crippen molar-refractivity contribution in [2.75, 3.05) is 24.3 Å². The first kappa shape index (κ1) is 14.3. The molecule has 2 atom stereocenters. The van der Waals surface area contributed by atoms with E-state index in [2.05, 4.69) is 15.9 Å². The van der Waals surface area contributed by atoms with Crippen molar-refractivity contribution in [1.29, 1.82) is 0 Å². The average Bonchev–Trinajstić information content (AvgIpc) is 2.26. The Morgan fingerprint density at radius 2 is 2.25 bits per heavy atom. The summed E-state index contributed by atoms with van der Waals surface area (Å²) in [5, 5.41) is -0.662. The molecule has 7 heteroatoms. The van der Waals surface area contributed by atoms with Gasteiger partial charge in [-0.15, -0.1) is 0 Å². The van der Waals surface area contributed by atoms with Gasteiger partial charge >= 0.3 is 0 Å². The summed E-state index contributed by atoms with van der Waals surface area (Å²) in [6.45, 7) is 2.41. The summed E-state index contributed by atoms with van der Waals surface area (Å²) in [7, 11) is -3.20. The Labute approximate surface area is 109 Å². The van der Waals surface area contributed by atoms with E-state index in [-0.39, 0.29) is 10.7 Å². The lowest BCUT2D eigenvalue weighted by molar-refractivity contribution is -0.130. The molecule has 94 valence electrons. The first-order valence-electron chi connectivity index (χ1n) is 5.09. The molecular weight excluding hydrogens is 314 g/mol. The highest BCUT2D eigenvalue weighted by Crippen LogP contribution is 2.23. The average molecular weight is 330 g/mol. The lowest BCUT2D eigenvalue weighted by Crippen LogP contribution is -2.52. The van der Waals surface area contributed by atoms with Gasteiger partial charge in [0.15, 0.2) is 9.84 Å². The fourth-order valence-corrected chi connectivity index (χ4v) is 4.63. The number of halogens is 1. The van der Waals surface area contributed by atoms with E-state index in [0.29, 0.717) is 18.7 Å². The van der Waals surface area contributed by atoms with E-state index in [1.54, 1.807) is 11.8 Å². The molecule has 0 aromatic carbocycles. The SMILES string of the molecule is CCC(Br)C(=O)N1CCSCC1S(C)(=O)=O. The van der Waals surface area contributed by atoms with Crippen molar-refractivity contribution >= 4 is 43.4 Å². The molecule has 1 fully saturated rings. The maximum absolute atomic E-state index is 12.0. The molecule has 0 aromatic rings. The van der Waals surface area contributed by atoms with Crippen LogP contribution in [0, 0.1) is 0 Å². The molecule has 0 bridgehead atoms. The van der Waals surface area contributed by atoms with Crippen LogP contribution in [-0.2, 0) is 14.6 Å². The van der Waals surface area contributed by atoms with E-state index in [4.69, 9.17) is 0 Å². The van der Waals surface area contributed by atoms with Gasteiger partial charge in [-0.3, -0.25) is 4.79 Å². The zero-order valence-corrected chi connectivity index (χ0v) is 12.6.